The van der Waals surface area contributed by atoms with Crippen LogP contribution in [-0.4, -0.2) is 41.1 Å². The van der Waals surface area contributed by atoms with Crippen molar-refractivity contribution >= 4 is 46.8 Å². The molecule has 0 spiro atoms. The van der Waals surface area contributed by atoms with E-state index in [0.717, 1.165) is 27.8 Å². The Morgan fingerprint density at radius 1 is 0.786 bits per heavy atom. The van der Waals surface area contributed by atoms with Gasteiger partial charge in [0.1, 0.15) is 9.75 Å². The lowest BCUT2D eigenvalue weighted by Crippen LogP contribution is -2.57. The number of likely N-dealkylation sites (tertiary alicyclic amines) is 1. The topological polar surface area (TPSA) is 80.8 Å². The Morgan fingerprint density at radius 2 is 1.26 bits per heavy atom. The van der Waals surface area contributed by atoms with Crippen LogP contribution in [0.2, 0.25) is 0 Å². The standard InChI is InChI=1S/C34H31Cl2NO5/c1-20-15-17-22(18-16-20)30(39)21(2)42-27(38)14-4-3-9-19-37-31(40)28-29(32(37)41)34(36)24-11-6-5-10-23(24)33(28,35)25-12-7-8-13-26(25)34/h5-8,10-13,15-18,21,28-29H,3-4,9,14,19H2,1-2H3/t21-,28-,29+,33?,34?/m1/s1. The third-order valence-electron chi connectivity index (χ3n) is 8.95. The van der Waals surface area contributed by atoms with Crippen molar-refractivity contribution in [1.29, 1.82) is 0 Å². The van der Waals surface area contributed by atoms with Gasteiger partial charge in [0.15, 0.2) is 6.10 Å². The summed E-state index contributed by atoms with van der Waals surface area (Å²) in [6.07, 6.45) is 0.882. The number of hydrogen-bond acceptors (Lipinski definition) is 5. The van der Waals surface area contributed by atoms with Crippen molar-refractivity contribution < 1.29 is 23.9 Å². The maximum atomic E-state index is 13.9. The van der Waals surface area contributed by atoms with E-state index in [2.05, 4.69) is 0 Å². The summed E-state index contributed by atoms with van der Waals surface area (Å²) in [6.45, 7) is 3.72. The van der Waals surface area contributed by atoms with E-state index in [-0.39, 0.29) is 30.6 Å². The van der Waals surface area contributed by atoms with Gasteiger partial charge in [-0.05, 0) is 48.9 Å². The second-order valence-electron chi connectivity index (χ2n) is 11.5. The monoisotopic (exact) mass is 603 g/mol. The molecule has 0 unspecified atom stereocenters. The van der Waals surface area contributed by atoms with Crippen molar-refractivity contribution in [2.24, 2.45) is 11.8 Å². The van der Waals surface area contributed by atoms with Crippen LogP contribution in [0.3, 0.4) is 0 Å². The van der Waals surface area contributed by atoms with Crippen molar-refractivity contribution in [2.75, 3.05) is 6.54 Å². The number of carbonyl (C=O) groups is 4. The molecule has 4 aliphatic rings. The Hall–Kier alpha value is -3.48. The van der Waals surface area contributed by atoms with Crippen molar-refractivity contribution in [3.8, 4) is 0 Å². The highest BCUT2D eigenvalue weighted by atomic mass is 35.5. The smallest absolute Gasteiger partial charge is 0.306 e. The molecule has 3 aromatic rings. The first-order chi connectivity index (χ1) is 20.1. The van der Waals surface area contributed by atoms with Gasteiger partial charge in [-0.3, -0.25) is 24.1 Å². The fraction of sp³-hybridized carbons (Fsp3) is 0.353. The molecule has 8 heteroatoms. The lowest BCUT2D eigenvalue weighted by atomic mass is 9.54. The molecule has 1 aliphatic heterocycles. The van der Waals surface area contributed by atoms with Crippen LogP contribution >= 0.6 is 23.2 Å². The summed E-state index contributed by atoms with van der Waals surface area (Å²) in [7, 11) is 0. The minimum Gasteiger partial charge on any atom is -0.454 e. The zero-order chi connectivity index (χ0) is 29.8. The average molecular weight is 605 g/mol. The van der Waals surface area contributed by atoms with Gasteiger partial charge in [-0.15, -0.1) is 23.2 Å². The Bertz CT molecular complexity index is 1480. The van der Waals surface area contributed by atoms with E-state index in [9.17, 15) is 19.2 Å². The number of rotatable bonds is 9. The van der Waals surface area contributed by atoms with Gasteiger partial charge in [0.2, 0.25) is 17.6 Å². The number of hydrogen-bond donors (Lipinski definition) is 0. The molecule has 6 nitrogen and oxygen atoms in total. The Balaban J connectivity index is 1.09. The number of benzene rings is 3. The Kier molecular flexibility index (Phi) is 7.27. The molecule has 2 amide bonds. The third kappa shape index (κ3) is 4.22. The van der Waals surface area contributed by atoms with Crippen LogP contribution < -0.4 is 0 Å². The summed E-state index contributed by atoms with van der Waals surface area (Å²) >= 11 is 14.9. The lowest BCUT2D eigenvalue weighted by molar-refractivity contribution is -0.146. The van der Waals surface area contributed by atoms with E-state index in [1.54, 1.807) is 19.1 Å². The highest BCUT2D eigenvalue weighted by Crippen LogP contribution is 2.69. The minimum absolute atomic E-state index is 0.138. The summed E-state index contributed by atoms with van der Waals surface area (Å²) in [6, 6.07) is 22.3. The van der Waals surface area contributed by atoms with Crippen molar-refractivity contribution in [2.45, 2.75) is 55.4 Å². The molecule has 3 aromatic carbocycles. The van der Waals surface area contributed by atoms with Crippen molar-refractivity contribution in [1.82, 2.24) is 4.90 Å². The maximum absolute atomic E-state index is 13.9. The van der Waals surface area contributed by atoms with Crippen LogP contribution in [0.15, 0.2) is 72.8 Å². The molecule has 1 heterocycles. The number of unbranched alkanes of at least 4 members (excludes halogenated alkanes) is 2. The van der Waals surface area contributed by atoms with Crippen LogP contribution in [0.5, 0.6) is 0 Å². The van der Waals surface area contributed by atoms with Crippen LogP contribution in [0.25, 0.3) is 0 Å². The van der Waals surface area contributed by atoms with Gasteiger partial charge in [-0.1, -0.05) is 84.8 Å². The largest absolute Gasteiger partial charge is 0.454 e. The maximum Gasteiger partial charge on any atom is 0.306 e. The average Bonchev–Trinajstić information content (AvgIpc) is 3.25. The van der Waals surface area contributed by atoms with Gasteiger partial charge in [0, 0.05) is 18.5 Å². The molecule has 0 radical (unpaired) electrons. The Morgan fingerprint density at radius 3 is 1.74 bits per heavy atom. The molecule has 216 valence electrons. The van der Waals surface area contributed by atoms with E-state index in [1.165, 1.54) is 4.90 Å². The number of imide groups is 1. The number of amides is 2. The van der Waals surface area contributed by atoms with E-state index in [1.807, 2.05) is 67.6 Å². The van der Waals surface area contributed by atoms with Gasteiger partial charge in [0.05, 0.1) is 11.8 Å². The van der Waals surface area contributed by atoms with Gasteiger partial charge < -0.3 is 4.74 Å². The molecule has 1 saturated heterocycles. The molecule has 3 atom stereocenters. The minimum atomic E-state index is -1.19. The van der Waals surface area contributed by atoms with Crippen LogP contribution in [0, 0.1) is 18.8 Å². The quantitative estimate of drug-likeness (QED) is 0.0947. The predicted octanol–water partition coefficient (Wildman–Crippen LogP) is 6.26. The number of esters is 1. The Labute approximate surface area is 254 Å². The highest BCUT2D eigenvalue weighted by molar-refractivity contribution is 6.36. The molecule has 3 aliphatic carbocycles. The van der Waals surface area contributed by atoms with Crippen LogP contribution in [-0.2, 0) is 28.9 Å². The van der Waals surface area contributed by atoms with Gasteiger partial charge in [0.25, 0.3) is 0 Å². The number of aryl methyl sites for hydroxylation is 1. The number of ether oxygens (including phenoxy) is 1. The summed E-state index contributed by atoms with van der Waals surface area (Å²) in [4.78, 5) is 51.6. The van der Waals surface area contributed by atoms with E-state index >= 15 is 0 Å². The number of alkyl halides is 2. The predicted molar refractivity (Wildman–Crippen MR) is 159 cm³/mol. The molecule has 42 heavy (non-hydrogen) atoms. The molecule has 2 bridgehead atoms. The van der Waals surface area contributed by atoms with Gasteiger partial charge >= 0.3 is 5.97 Å². The summed E-state index contributed by atoms with van der Waals surface area (Å²) in [5.41, 5.74) is 4.64. The van der Waals surface area contributed by atoms with Crippen LogP contribution in [0.1, 0.15) is 70.8 Å². The normalized spacial score (nSPS) is 26.0. The molecule has 7 rings (SSSR count). The molecule has 0 N–H and O–H groups in total. The summed E-state index contributed by atoms with van der Waals surface area (Å²) in [5.74, 6) is -2.94. The van der Waals surface area contributed by atoms with Gasteiger partial charge in [-0.2, -0.15) is 0 Å². The van der Waals surface area contributed by atoms with E-state index in [4.69, 9.17) is 27.9 Å². The first-order valence-corrected chi connectivity index (χ1v) is 15.1. The lowest BCUT2D eigenvalue weighted by Gasteiger charge is -2.54. The first kappa shape index (κ1) is 28.6. The molecule has 1 fully saturated rings. The number of Topliss-reactive ketones (excluding diaryl/α,β-unsaturated/α-hetero) is 1. The summed E-state index contributed by atoms with van der Waals surface area (Å²) < 4.78 is 5.35. The number of nitrogens with zero attached hydrogens (tertiary/aromatic N) is 1. The fourth-order valence-corrected chi connectivity index (χ4v) is 8.02. The number of halogens is 2. The second-order valence-corrected chi connectivity index (χ2v) is 12.7. The van der Waals surface area contributed by atoms with E-state index in [0.29, 0.717) is 24.8 Å². The van der Waals surface area contributed by atoms with Crippen molar-refractivity contribution in [3.63, 3.8) is 0 Å². The number of ketones is 1. The molecular formula is C34H31Cl2NO5. The second kappa shape index (κ2) is 10.7. The fourth-order valence-electron chi connectivity index (χ4n) is 6.92. The summed E-state index contributed by atoms with van der Waals surface area (Å²) in [5, 5.41) is 0. The SMILES string of the molecule is Cc1ccc(C(=O)[C@@H](C)OC(=O)CCCCCN2C(=O)[C@@H]3[C@H](C2=O)C2(Cl)c4ccccc4C3(Cl)c3ccccc32)cc1. The molecular weight excluding hydrogens is 573 g/mol. The highest BCUT2D eigenvalue weighted by Gasteiger charge is 2.72. The van der Waals surface area contributed by atoms with Gasteiger partial charge in [-0.25, -0.2) is 0 Å². The zero-order valence-electron chi connectivity index (χ0n) is 23.4. The third-order valence-corrected chi connectivity index (χ3v) is 10.2. The zero-order valence-corrected chi connectivity index (χ0v) is 25.0. The van der Waals surface area contributed by atoms with Crippen LogP contribution in [0.4, 0.5) is 0 Å². The number of carbonyl (C=O) groups excluding carboxylic acids is 4. The van der Waals surface area contributed by atoms with E-state index < -0.39 is 33.7 Å². The molecule has 0 saturated carbocycles. The van der Waals surface area contributed by atoms with Crippen molar-refractivity contribution in [3.05, 3.63) is 106 Å². The molecule has 0 aromatic heterocycles. The first-order valence-electron chi connectivity index (χ1n) is 14.3.